The van der Waals surface area contributed by atoms with Crippen LogP contribution in [0, 0.1) is 17.4 Å². The maximum Gasteiger partial charge on any atom is 0.315 e. The minimum atomic E-state index is -0.429. The average Bonchev–Trinajstić information content (AvgIpc) is 1.97. The predicted octanol–water partition coefficient (Wildman–Crippen LogP) is 2.96. The second-order valence-electron chi connectivity index (χ2n) is 1.82. The SMILES string of the molecule is O=[N+]([O-])c1c(I)ncc(Br)c1I. The Morgan fingerprint density at radius 3 is 2.58 bits per heavy atom. The fourth-order valence-corrected chi connectivity index (χ4v) is 2.59. The van der Waals surface area contributed by atoms with Gasteiger partial charge in [0.05, 0.1) is 9.40 Å². The molecule has 0 aliphatic rings. The summed E-state index contributed by atoms with van der Waals surface area (Å²) in [4.78, 5) is 14.0. The minimum absolute atomic E-state index is 0.0607. The van der Waals surface area contributed by atoms with Crippen molar-refractivity contribution in [2.75, 3.05) is 0 Å². The maximum absolute atomic E-state index is 10.5. The zero-order valence-corrected chi connectivity index (χ0v) is 11.3. The highest BCUT2D eigenvalue weighted by Gasteiger charge is 2.19. The summed E-state index contributed by atoms with van der Waals surface area (Å²) in [6.45, 7) is 0. The first kappa shape index (κ1) is 10.6. The summed E-state index contributed by atoms with van der Waals surface area (Å²) in [6, 6.07) is 0. The normalized spacial score (nSPS) is 9.92. The summed E-state index contributed by atoms with van der Waals surface area (Å²) >= 11 is 6.92. The van der Waals surface area contributed by atoms with E-state index in [-0.39, 0.29) is 5.69 Å². The topological polar surface area (TPSA) is 56.0 Å². The lowest BCUT2D eigenvalue weighted by Gasteiger charge is -1.98. The van der Waals surface area contributed by atoms with Crippen molar-refractivity contribution in [1.29, 1.82) is 0 Å². The molecule has 0 aromatic carbocycles. The van der Waals surface area contributed by atoms with Crippen molar-refractivity contribution in [3.8, 4) is 0 Å². The van der Waals surface area contributed by atoms with Crippen molar-refractivity contribution in [2.24, 2.45) is 0 Å². The molecule has 1 aromatic heterocycles. The monoisotopic (exact) mass is 454 g/mol. The van der Waals surface area contributed by atoms with Gasteiger partial charge in [-0.25, -0.2) is 4.98 Å². The van der Waals surface area contributed by atoms with Gasteiger partial charge in [0.15, 0.2) is 3.70 Å². The summed E-state index contributed by atoms with van der Waals surface area (Å²) in [7, 11) is 0. The molecule has 0 saturated heterocycles. The van der Waals surface area contributed by atoms with Crippen LogP contribution in [0.15, 0.2) is 10.7 Å². The van der Waals surface area contributed by atoms with Crippen LogP contribution in [0.1, 0.15) is 0 Å². The molecule has 64 valence electrons. The molecule has 1 aromatic rings. The predicted molar refractivity (Wildman–Crippen MR) is 64.0 cm³/mol. The second-order valence-corrected chi connectivity index (χ2v) is 4.77. The van der Waals surface area contributed by atoms with Gasteiger partial charge in [-0.1, -0.05) is 0 Å². The summed E-state index contributed by atoms with van der Waals surface area (Å²) < 4.78 is 1.64. The third-order valence-electron chi connectivity index (χ3n) is 1.09. The lowest BCUT2D eigenvalue weighted by molar-refractivity contribution is -0.387. The summed E-state index contributed by atoms with van der Waals surface area (Å²) in [6.07, 6.45) is 1.55. The molecule has 0 fully saturated rings. The van der Waals surface area contributed by atoms with Crippen LogP contribution in [0.25, 0.3) is 0 Å². The van der Waals surface area contributed by atoms with E-state index >= 15 is 0 Å². The molecule has 4 nitrogen and oxygen atoms in total. The Morgan fingerprint density at radius 1 is 1.58 bits per heavy atom. The zero-order chi connectivity index (χ0) is 9.30. The van der Waals surface area contributed by atoms with E-state index in [0.717, 1.165) is 0 Å². The molecule has 1 rings (SSSR count). The van der Waals surface area contributed by atoms with Crippen LogP contribution in [-0.4, -0.2) is 9.91 Å². The fourth-order valence-electron chi connectivity index (χ4n) is 0.590. The van der Waals surface area contributed by atoms with Gasteiger partial charge in [-0.3, -0.25) is 10.1 Å². The van der Waals surface area contributed by atoms with Crippen LogP contribution < -0.4 is 0 Å². The largest absolute Gasteiger partial charge is 0.315 e. The first-order chi connectivity index (χ1) is 5.54. The molecule has 12 heavy (non-hydrogen) atoms. The molecule has 0 aliphatic carbocycles. The van der Waals surface area contributed by atoms with Gasteiger partial charge in [-0.05, 0) is 61.1 Å². The lowest BCUT2D eigenvalue weighted by Crippen LogP contribution is -1.97. The van der Waals surface area contributed by atoms with Crippen molar-refractivity contribution in [3.05, 3.63) is 28.1 Å². The summed E-state index contributed by atoms with van der Waals surface area (Å²) in [5, 5.41) is 10.5. The molecular formula is C5HBrI2N2O2. The van der Waals surface area contributed by atoms with Crippen LogP contribution >= 0.6 is 61.1 Å². The average molecular weight is 455 g/mol. The highest BCUT2D eigenvalue weighted by molar-refractivity contribution is 14.1. The highest BCUT2D eigenvalue weighted by atomic mass is 127. The molecular weight excluding hydrogens is 454 g/mol. The molecule has 0 N–H and O–H groups in total. The van der Waals surface area contributed by atoms with E-state index < -0.39 is 4.92 Å². The minimum Gasteiger partial charge on any atom is -0.258 e. The van der Waals surface area contributed by atoms with E-state index in [0.29, 0.717) is 11.7 Å². The Bertz CT molecular complexity index is 344. The van der Waals surface area contributed by atoms with Gasteiger partial charge in [0.1, 0.15) is 3.57 Å². The van der Waals surface area contributed by atoms with Gasteiger partial charge in [-0.15, -0.1) is 0 Å². The number of nitro groups is 1. The van der Waals surface area contributed by atoms with Crippen LogP contribution in [-0.2, 0) is 0 Å². The number of pyridine rings is 1. The molecule has 0 spiro atoms. The quantitative estimate of drug-likeness (QED) is 0.284. The van der Waals surface area contributed by atoms with E-state index in [9.17, 15) is 10.1 Å². The highest BCUT2D eigenvalue weighted by Crippen LogP contribution is 2.30. The Kier molecular flexibility index (Phi) is 3.64. The van der Waals surface area contributed by atoms with Crippen molar-refractivity contribution in [2.45, 2.75) is 0 Å². The third kappa shape index (κ3) is 2.05. The van der Waals surface area contributed by atoms with E-state index in [1.807, 2.05) is 45.2 Å². The Labute approximate surface area is 104 Å². The van der Waals surface area contributed by atoms with E-state index in [1.165, 1.54) is 0 Å². The zero-order valence-electron chi connectivity index (χ0n) is 5.42. The van der Waals surface area contributed by atoms with Gasteiger partial charge in [-0.2, -0.15) is 0 Å². The van der Waals surface area contributed by atoms with Crippen LogP contribution in [0.5, 0.6) is 0 Å². The lowest BCUT2D eigenvalue weighted by atomic mass is 10.4. The Balaban J connectivity index is 3.43. The first-order valence-corrected chi connectivity index (χ1v) is 5.63. The molecule has 0 radical (unpaired) electrons. The number of hydrogen-bond donors (Lipinski definition) is 0. The smallest absolute Gasteiger partial charge is 0.258 e. The molecule has 0 unspecified atom stereocenters. The number of rotatable bonds is 1. The van der Waals surface area contributed by atoms with Crippen molar-refractivity contribution in [1.82, 2.24) is 4.98 Å². The number of nitrogens with zero attached hydrogens (tertiary/aromatic N) is 2. The molecule has 0 atom stereocenters. The van der Waals surface area contributed by atoms with Gasteiger partial charge in [0.2, 0.25) is 0 Å². The summed E-state index contributed by atoms with van der Waals surface area (Å²) in [5.74, 6) is 0. The van der Waals surface area contributed by atoms with Crippen LogP contribution in [0.2, 0.25) is 0 Å². The molecule has 0 bridgehead atoms. The number of halogens is 3. The van der Waals surface area contributed by atoms with Crippen molar-refractivity contribution >= 4 is 66.8 Å². The standard InChI is InChI=1S/C5HBrI2N2O2/c6-2-1-9-5(8)4(3(2)7)10(11)12/h1H. The first-order valence-electron chi connectivity index (χ1n) is 2.68. The fraction of sp³-hybridized carbons (Fsp3) is 0. The van der Waals surface area contributed by atoms with E-state index in [4.69, 9.17) is 0 Å². The van der Waals surface area contributed by atoms with Gasteiger partial charge < -0.3 is 0 Å². The molecule has 0 aliphatic heterocycles. The molecule has 0 amide bonds. The van der Waals surface area contributed by atoms with Crippen LogP contribution in [0.3, 0.4) is 0 Å². The molecule has 7 heteroatoms. The third-order valence-corrected chi connectivity index (χ3v) is 4.31. The second kappa shape index (κ2) is 4.13. The Morgan fingerprint density at radius 2 is 2.17 bits per heavy atom. The van der Waals surface area contributed by atoms with Gasteiger partial charge in [0, 0.05) is 6.20 Å². The van der Waals surface area contributed by atoms with E-state index in [1.54, 1.807) is 6.20 Å². The van der Waals surface area contributed by atoms with Gasteiger partial charge >= 0.3 is 5.69 Å². The van der Waals surface area contributed by atoms with Gasteiger partial charge in [0.25, 0.3) is 0 Å². The molecule has 0 saturated carbocycles. The van der Waals surface area contributed by atoms with Crippen molar-refractivity contribution in [3.63, 3.8) is 0 Å². The Hall–Kier alpha value is 0.490. The van der Waals surface area contributed by atoms with Crippen LogP contribution in [0.4, 0.5) is 5.69 Å². The van der Waals surface area contributed by atoms with Crippen molar-refractivity contribution < 1.29 is 4.92 Å². The molecule has 1 heterocycles. The summed E-state index contributed by atoms with van der Waals surface area (Å²) in [5.41, 5.74) is 0.0607. The maximum atomic E-state index is 10.5. The number of aromatic nitrogens is 1. The van der Waals surface area contributed by atoms with E-state index in [2.05, 4.69) is 20.9 Å². The number of hydrogen-bond acceptors (Lipinski definition) is 3.